The zero-order valence-corrected chi connectivity index (χ0v) is 13.1. The van der Waals surface area contributed by atoms with Crippen LogP contribution in [0.2, 0.25) is 0 Å². The van der Waals surface area contributed by atoms with Crippen molar-refractivity contribution in [1.82, 2.24) is 4.57 Å². The van der Waals surface area contributed by atoms with Crippen LogP contribution >= 0.6 is 0 Å². The van der Waals surface area contributed by atoms with Gasteiger partial charge in [-0.15, -0.1) is 0 Å². The number of aromatic carboxylic acids is 1. The van der Waals surface area contributed by atoms with Crippen molar-refractivity contribution in [2.45, 2.75) is 13.0 Å². The summed E-state index contributed by atoms with van der Waals surface area (Å²) in [6, 6.07) is 13.6. The Morgan fingerprint density at radius 3 is 2.60 bits per heavy atom. The molecule has 3 aromatic rings. The van der Waals surface area contributed by atoms with E-state index < -0.39 is 22.8 Å². The lowest BCUT2D eigenvalue weighted by molar-refractivity contribution is 0.0695. The third-order valence-corrected chi connectivity index (χ3v) is 3.94. The Morgan fingerprint density at radius 1 is 1.24 bits per heavy atom. The quantitative estimate of drug-likeness (QED) is 0.794. The Morgan fingerprint density at radius 2 is 1.96 bits per heavy atom. The molecule has 0 aliphatic carbocycles. The van der Waals surface area contributed by atoms with Gasteiger partial charge in [-0.2, -0.15) is 5.26 Å². The van der Waals surface area contributed by atoms with Crippen molar-refractivity contribution in [3.05, 3.63) is 81.4 Å². The van der Waals surface area contributed by atoms with Gasteiger partial charge in [0.25, 0.3) is 0 Å². The van der Waals surface area contributed by atoms with E-state index in [1.807, 2.05) is 36.4 Å². The van der Waals surface area contributed by atoms with Crippen molar-refractivity contribution in [2.75, 3.05) is 0 Å². The van der Waals surface area contributed by atoms with Crippen LogP contribution in [0.4, 0.5) is 4.39 Å². The summed E-state index contributed by atoms with van der Waals surface area (Å²) in [6.45, 7) is 0.315. The Labute approximate surface area is 142 Å². The van der Waals surface area contributed by atoms with Gasteiger partial charge in [-0.25, -0.2) is 9.18 Å². The molecule has 0 fully saturated rings. The molecule has 0 amide bonds. The number of rotatable bonds is 4. The molecule has 0 atom stereocenters. The fourth-order valence-corrected chi connectivity index (χ4v) is 2.74. The molecule has 1 N–H and O–H groups in total. The highest BCUT2D eigenvalue weighted by Crippen LogP contribution is 2.20. The minimum atomic E-state index is -1.37. The van der Waals surface area contributed by atoms with E-state index in [0.29, 0.717) is 12.1 Å². The Kier molecular flexibility index (Phi) is 4.31. The third kappa shape index (κ3) is 3.12. The molecule has 0 aliphatic rings. The van der Waals surface area contributed by atoms with E-state index in [1.165, 1.54) is 12.3 Å². The molecule has 0 bridgehead atoms. The minimum absolute atomic E-state index is 0.0185. The number of benzene rings is 2. The highest BCUT2D eigenvalue weighted by Gasteiger charge is 2.17. The number of hydrogen-bond donors (Lipinski definition) is 1. The van der Waals surface area contributed by atoms with Gasteiger partial charge in [0.15, 0.2) is 0 Å². The molecule has 0 unspecified atom stereocenters. The van der Waals surface area contributed by atoms with Crippen molar-refractivity contribution in [3.63, 3.8) is 0 Å². The van der Waals surface area contributed by atoms with Gasteiger partial charge in [0, 0.05) is 23.7 Å². The van der Waals surface area contributed by atoms with Crippen LogP contribution in [-0.4, -0.2) is 15.6 Å². The highest BCUT2D eigenvalue weighted by atomic mass is 19.1. The van der Waals surface area contributed by atoms with Gasteiger partial charge >= 0.3 is 5.97 Å². The molecule has 25 heavy (non-hydrogen) atoms. The van der Waals surface area contributed by atoms with E-state index in [4.69, 9.17) is 5.26 Å². The average Bonchev–Trinajstić information content (AvgIpc) is 2.59. The molecule has 0 aliphatic heterocycles. The van der Waals surface area contributed by atoms with E-state index in [9.17, 15) is 19.1 Å². The van der Waals surface area contributed by atoms with Gasteiger partial charge < -0.3 is 9.67 Å². The number of carboxylic acids is 1. The molecule has 0 radical (unpaired) electrons. The topological polar surface area (TPSA) is 83.1 Å². The maximum Gasteiger partial charge on any atom is 0.341 e. The summed E-state index contributed by atoms with van der Waals surface area (Å²) < 4.78 is 15.7. The summed E-state index contributed by atoms with van der Waals surface area (Å²) in [7, 11) is 0. The maximum absolute atomic E-state index is 14.1. The van der Waals surface area contributed by atoms with Crippen LogP contribution in [0.5, 0.6) is 0 Å². The second-order valence-corrected chi connectivity index (χ2v) is 5.59. The number of nitriles is 1. The number of pyridine rings is 1. The molecule has 1 heterocycles. The zero-order chi connectivity index (χ0) is 18.0. The van der Waals surface area contributed by atoms with Crippen LogP contribution in [0, 0.1) is 17.1 Å². The molecule has 124 valence electrons. The van der Waals surface area contributed by atoms with Gasteiger partial charge in [0.1, 0.15) is 11.4 Å². The minimum Gasteiger partial charge on any atom is -0.477 e. The van der Waals surface area contributed by atoms with Crippen LogP contribution in [0.15, 0.2) is 53.5 Å². The monoisotopic (exact) mass is 336 g/mol. The lowest BCUT2D eigenvalue weighted by Crippen LogP contribution is -2.19. The highest BCUT2D eigenvalue weighted by molar-refractivity contribution is 5.92. The third-order valence-electron chi connectivity index (χ3n) is 3.94. The summed E-state index contributed by atoms with van der Waals surface area (Å²) in [5.74, 6) is -2.06. The maximum atomic E-state index is 14.1. The van der Waals surface area contributed by atoms with Crippen LogP contribution in [0.1, 0.15) is 21.5 Å². The Bertz CT molecular complexity index is 1070. The van der Waals surface area contributed by atoms with Crippen LogP contribution < -0.4 is 5.43 Å². The van der Waals surface area contributed by atoms with E-state index in [0.717, 1.165) is 11.6 Å². The van der Waals surface area contributed by atoms with Gasteiger partial charge in [-0.3, -0.25) is 4.79 Å². The predicted octanol–water partition coefficient (Wildman–Crippen LogP) is 2.95. The molecule has 1 aromatic heterocycles. The van der Waals surface area contributed by atoms with Crippen molar-refractivity contribution in [2.24, 2.45) is 0 Å². The standard InChI is InChI=1S/C19H13FN2O3/c20-16-9-14-17(8-13(16)6-7-21)22(10-12-4-2-1-3-5-12)11-15(18(14)23)19(24)25/h1-5,8-9,11H,6,10H2,(H,24,25). The normalized spacial score (nSPS) is 10.6. The fraction of sp³-hybridized carbons (Fsp3) is 0.105. The van der Waals surface area contributed by atoms with Crippen molar-refractivity contribution in [1.29, 1.82) is 5.26 Å². The largest absolute Gasteiger partial charge is 0.477 e. The lowest BCUT2D eigenvalue weighted by Gasteiger charge is -2.14. The molecule has 6 heteroatoms. The van der Waals surface area contributed by atoms with Crippen LogP contribution in [0.3, 0.4) is 0 Å². The SMILES string of the molecule is N#CCc1cc2c(cc1F)c(=O)c(C(=O)O)cn2Cc1ccccc1. The number of hydrogen-bond acceptors (Lipinski definition) is 3. The number of halogens is 1. The second-order valence-electron chi connectivity index (χ2n) is 5.59. The van der Waals surface area contributed by atoms with E-state index in [-0.39, 0.29) is 17.4 Å². The summed E-state index contributed by atoms with van der Waals surface area (Å²) >= 11 is 0. The lowest BCUT2D eigenvalue weighted by atomic mass is 10.1. The van der Waals surface area contributed by atoms with Gasteiger partial charge in [-0.1, -0.05) is 30.3 Å². The Hall–Kier alpha value is -3.46. The second kappa shape index (κ2) is 6.57. The molecule has 0 spiro atoms. The van der Waals surface area contributed by atoms with Gasteiger partial charge in [0.2, 0.25) is 5.43 Å². The van der Waals surface area contributed by atoms with E-state index >= 15 is 0 Å². The summed E-state index contributed by atoms with van der Waals surface area (Å²) in [5.41, 5.74) is 0.296. The van der Waals surface area contributed by atoms with Crippen molar-refractivity contribution >= 4 is 16.9 Å². The number of fused-ring (bicyclic) bond motifs is 1. The first-order chi connectivity index (χ1) is 12.0. The van der Waals surface area contributed by atoms with E-state index in [2.05, 4.69) is 0 Å². The number of carbonyl (C=O) groups is 1. The number of carboxylic acid groups (broad SMARTS) is 1. The number of aromatic nitrogens is 1. The molecular formula is C19H13FN2O3. The van der Waals surface area contributed by atoms with Crippen LogP contribution in [-0.2, 0) is 13.0 Å². The number of nitrogens with zero attached hydrogens (tertiary/aromatic N) is 2. The first-order valence-electron chi connectivity index (χ1n) is 7.51. The van der Waals surface area contributed by atoms with Gasteiger partial charge in [0.05, 0.1) is 18.0 Å². The summed E-state index contributed by atoms with van der Waals surface area (Å²) in [6.07, 6.45) is 1.12. The Balaban J connectivity index is 2.30. The average molecular weight is 336 g/mol. The predicted molar refractivity (Wildman–Crippen MR) is 90.0 cm³/mol. The molecule has 0 saturated heterocycles. The first kappa shape index (κ1) is 16.4. The van der Waals surface area contributed by atoms with Gasteiger partial charge in [-0.05, 0) is 17.7 Å². The molecule has 2 aromatic carbocycles. The molecule has 5 nitrogen and oxygen atoms in total. The smallest absolute Gasteiger partial charge is 0.341 e. The van der Waals surface area contributed by atoms with E-state index in [1.54, 1.807) is 4.57 Å². The van der Waals surface area contributed by atoms with Crippen molar-refractivity contribution in [3.8, 4) is 6.07 Å². The van der Waals surface area contributed by atoms with Crippen molar-refractivity contribution < 1.29 is 14.3 Å². The van der Waals surface area contributed by atoms with Crippen LogP contribution in [0.25, 0.3) is 10.9 Å². The summed E-state index contributed by atoms with van der Waals surface area (Å²) in [4.78, 5) is 23.7. The summed E-state index contributed by atoms with van der Waals surface area (Å²) in [5, 5.41) is 18.1. The molecular weight excluding hydrogens is 323 g/mol. The fourth-order valence-electron chi connectivity index (χ4n) is 2.74. The molecule has 3 rings (SSSR count). The zero-order valence-electron chi connectivity index (χ0n) is 13.1. The molecule has 0 saturated carbocycles. The first-order valence-corrected chi connectivity index (χ1v) is 7.51.